The van der Waals surface area contributed by atoms with E-state index in [1.165, 1.54) is 58.0 Å². The molecule has 0 aromatic carbocycles. The SMILES string of the molecule is CNC(C)CCCN1CCC2CCCCC21. The van der Waals surface area contributed by atoms with E-state index < -0.39 is 0 Å². The summed E-state index contributed by atoms with van der Waals surface area (Å²) in [6, 6.07) is 1.64. The van der Waals surface area contributed by atoms with Gasteiger partial charge in [-0.1, -0.05) is 12.8 Å². The van der Waals surface area contributed by atoms with Crippen molar-refractivity contribution >= 4 is 0 Å². The monoisotopic (exact) mass is 224 g/mol. The molecule has 0 aromatic heterocycles. The van der Waals surface area contributed by atoms with Crippen LogP contribution < -0.4 is 5.32 Å². The Kier molecular flexibility index (Phi) is 4.66. The van der Waals surface area contributed by atoms with Crippen LogP contribution in [0.15, 0.2) is 0 Å². The van der Waals surface area contributed by atoms with E-state index in [1.807, 2.05) is 0 Å². The fourth-order valence-electron chi connectivity index (χ4n) is 3.53. The Morgan fingerprint density at radius 1 is 1.25 bits per heavy atom. The van der Waals surface area contributed by atoms with Gasteiger partial charge in [0.05, 0.1) is 0 Å². The second-order valence-electron chi connectivity index (χ2n) is 5.77. The quantitative estimate of drug-likeness (QED) is 0.772. The van der Waals surface area contributed by atoms with Gasteiger partial charge < -0.3 is 10.2 Å². The Labute approximate surface area is 101 Å². The molecule has 94 valence electrons. The molecule has 0 spiro atoms. The summed E-state index contributed by atoms with van der Waals surface area (Å²) in [7, 11) is 2.07. The molecular formula is C14H28N2. The fourth-order valence-corrected chi connectivity index (χ4v) is 3.53. The van der Waals surface area contributed by atoms with Gasteiger partial charge in [0, 0.05) is 12.1 Å². The maximum atomic E-state index is 3.33. The highest BCUT2D eigenvalue weighted by molar-refractivity contribution is 4.89. The molecule has 16 heavy (non-hydrogen) atoms. The summed E-state index contributed by atoms with van der Waals surface area (Å²) >= 11 is 0. The Balaban J connectivity index is 1.69. The van der Waals surface area contributed by atoms with Crippen LogP contribution in [-0.2, 0) is 0 Å². The summed E-state index contributed by atoms with van der Waals surface area (Å²) in [5, 5.41) is 3.33. The molecule has 2 aliphatic rings. The zero-order valence-electron chi connectivity index (χ0n) is 11.0. The number of likely N-dealkylation sites (tertiary alicyclic amines) is 1. The Morgan fingerprint density at radius 3 is 2.88 bits per heavy atom. The van der Waals surface area contributed by atoms with Crippen LogP contribution in [0.2, 0.25) is 0 Å². The highest BCUT2D eigenvalue weighted by atomic mass is 15.2. The molecule has 2 heteroatoms. The van der Waals surface area contributed by atoms with Gasteiger partial charge in [-0.2, -0.15) is 0 Å². The minimum absolute atomic E-state index is 0.685. The summed E-state index contributed by atoms with van der Waals surface area (Å²) in [4.78, 5) is 2.78. The second kappa shape index (κ2) is 6.02. The number of nitrogens with zero attached hydrogens (tertiary/aromatic N) is 1. The van der Waals surface area contributed by atoms with Crippen LogP contribution in [0.5, 0.6) is 0 Å². The first-order chi connectivity index (χ1) is 7.81. The van der Waals surface area contributed by atoms with Gasteiger partial charge in [0.15, 0.2) is 0 Å². The van der Waals surface area contributed by atoms with Crippen molar-refractivity contribution in [3.8, 4) is 0 Å². The molecular weight excluding hydrogens is 196 g/mol. The van der Waals surface area contributed by atoms with Gasteiger partial charge in [0.1, 0.15) is 0 Å². The minimum atomic E-state index is 0.685. The third kappa shape index (κ3) is 2.98. The van der Waals surface area contributed by atoms with Crippen molar-refractivity contribution in [2.45, 2.75) is 64.0 Å². The van der Waals surface area contributed by atoms with E-state index in [-0.39, 0.29) is 0 Å². The van der Waals surface area contributed by atoms with E-state index in [2.05, 4.69) is 24.2 Å². The summed E-state index contributed by atoms with van der Waals surface area (Å²) in [6.45, 7) is 5.00. The molecule has 1 aliphatic carbocycles. The largest absolute Gasteiger partial charge is 0.317 e. The first kappa shape index (κ1) is 12.4. The first-order valence-corrected chi connectivity index (χ1v) is 7.22. The van der Waals surface area contributed by atoms with Gasteiger partial charge in [-0.15, -0.1) is 0 Å². The smallest absolute Gasteiger partial charge is 0.0124 e. The molecule has 3 atom stereocenters. The average molecular weight is 224 g/mol. The van der Waals surface area contributed by atoms with Crippen LogP contribution in [0.25, 0.3) is 0 Å². The molecule has 0 amide bonds. The molecule has 0 aromatic rings. The highest BCUT2D eigenvalue weighted by Crippen LogP contribution is 2.36. The highest BCUT2D eigenvalue weighted by Gasteiger charge is 2.34. The van der Waals surface area contributed by atoms with E-state index in [4.69, 9.17) is 0 Å². The third-order valence-corrected chi connectivity index (χ3v) is 4.70. The molecule has 2 rings (SSSR count). The predicted octanol–water partition coefficient (Wildman–Crippen LogP) is 2.64. The van der Waals surface area contributed by atoms with Crippen molar-refractivity contribution in [3.63, 3.8) is 0 Å². The van der Waals surface area contributed by atoms with Crippen molar-refractivity contribution < 1.29 is 0 Å². The number of nitrogens with one attached hydrogen (secondary N) is 1. The molecule has 0 bridgehead atoms. The minimum Gasteiger partial charge on any atom is -0.317 e. The number of hydrogen-bond acceptors (Lipinski definition) is 2. The van der Waals surface area contributed by atoms with E-state index >= 15 is 0 Å². The summed E-state index contributed by atoms with van der Waals surface area (Å²) in [5.41, 5.74) is 0. The van der Waals surface area contributed by atoms with E-state index in [9.17, 15) is 0 Å². The fraction of sp³-hybridized carbons (Fsp3) is 1.00. The maximum absolute atomic E-state index is 3.33. The molecule has 2 fully saturated rings. The lowest BCUT2D eigenvalue weighted by Gasteiger charge is -2.31. The Hall–Kier alpha value is -0.0800. The molecule has 1 saturated heterocycles. The molecule has 0 radical (unpaired) electrons. The van der Waals surface area contributed by atoms with Gasteiger partial charge in [0.25, 0.3) is 0 Å². The average Bonchev–Trinajstić information content (AvgIpc) is 2.73. The lowest BCUT2D eigenvalue weighted by atomic mass is 9.85. The van der Waals surface area contributed by atoms with Gasteiger partial charge in [-0.3, -0.25) is 0 Å². The van der Waals surface area contributed by atoms with E-state index in [0.717, 1.165) is 12.0 Å². The van der Waals surface area contributed by atoms with Gasteiger partial charge >= 0.3 is 0 Å². The normalized spacial score (nSPS) is 32.6. The maximum Gasteiger partial charge on any atom is 0.0124 e. The standard InChI is InChI=1S/C14H28N2/c1-12(15-2)6-5-10-16-11-9-13-7-3-4-8-14(13)16/h12-15H,3-11H2,1-2H3. The molecule has 2 nitrogen and oxygen atoms in total. The van der Waals surface area contributed by atoms with Crippen molar-refractivity contribution in [2.24, 2.45) is 5.92 Å². The van der Waals surface area contributed by atoms with Crippen molar-refractivity contribution in [1.29, 1.82) is 0 Å². The number of fused-ring (bicyclic) bond motifs is 1. The third-order valence-electron chi connectivity index (χ3n) is 4.70. The van der Waals surface area contributed by atoms with Gasteiger partial charge in [-0.25, -0.2) is 0 Å². The summed E-state index contributed by atoms with van der Waals surface area (Å²) in [6.07, 6.45) is 10.1. The Bertz CT molecular complexity index is 205. The number of hydrogen-bond donors (Lipinski definition) is 1. The van der Waals surface area contributed by atoms with Crippen LogP contribution in [-0.4, -0.2) is 37.1 Å². The summed E-state index contributed by atoms with van der Waals surface area (Å²) < 4.78 is 0. The zero-order valence-corrected chi connectivity index (χ0v) is 11.0. The van der Waals surface area contributed by atoms with Crippen LogP contribution in [0.4, 0.5) is 0 Å². The molecule has 1 saturated carbocycles. The Morgan fingerprint density at radius 2 is 2.06 bits per heavy atom. The van der Waals surface area contributed by atoms with Crippen molar-refractivity contribution in [1.82, 2.24) is 10.2 Å². The number of rotatable bonds is 5. The van der Waals surface area contributed by atoms with E-state index in [0.29, 0.717) is 6.04 Å². The van der Waals surface area contributed by atoms with Gasteiger partial charge in [-0.05, 0) is 65.1 Å². The molecule has 1 N–H and O–H groups in total. The van der Waals surface area contributed by atoms with Crippen molar-refractivity contribution in [2.75, 3.05) is 20.1 Å². The van der Waals surface area contributed by atoms with Crippen LogP contribution >= 0.6 is 0 Å². The first-order valence-electron chi connectivity index (χ1n) is 7.22. The molecule has 1 heterocycles. The lowest BCUT2D eigenvalue weighted by Crippen LogP contribution is -2.35. The zero-order chi connectivity index (χ0) is 11.4. The molecule has 3 unspecified atom stereocenters. The topological polar surface area (TPSA) is 15.3 Å². The van der Waals surface area contributed by atoms with Crippen molar-refractivity contribution in [3.05, 3.63) is 0 Å². The molecule has 1 aliphatic heterocycles. The summed E-state index contributed by atoms with van der Waals surface area (Å²) in [5.74, 6) is 1.05. The van der Waals surface area contributed by atoms with Crippen LogP contribution in [0, 0.1) is 5.92 Å². The second-order valence-corrected chi connectivity index (χ2v) is 5.77. The van der Waals surface area contributed by atoms with E-state index in [1.54, 1.807) is 0 Å². The van der Waals surface area contributed by atoms with Gasteiger partial charge in [0.2, 0.25) is 0 Å². The van der Waals surface area contributed by atoms with Crippen LogP contribution in [0.3, 0.4) is 0 Å². The predicted molar refractivity (Wildman–Crippen MR) is 69.7 cm³/mol. The lowest BCUT2D eigenvalue weighted by molar-refractivity contribution is 0.178. The van der Waals surface area contributed by atoms with Crippen LogP contribution in [0.1, 0.15) is 51.9 Å².